The monoisotopic (exact) mass is 347 g/mol. The average molecular weight is 347 g/mol. The lowest BCUT2D eigenvalue weighted by molar-refractivity contribution is -0.144. The van der Waals surface area contributed by atoms with Gasteiger partial charge in [0.05, 0.1) is 6.61 Å². The number of nitrogens with zero attached hydrogens (tertiary/aromatic N) is 3. The van der Waals surface area contributed by atoms with Gasteiger partial charge in [0.15, 0.2) is 0 Å². The van der Waals surface area contributed by atoms with Gasteiger partial charge in [-0.15, -0.1) is 0 Å². The van der Waals surface area contributed by atoms with Crippen molar-refractivity contribution in [3.63, 3.8) is 0 Å². The van der Waals surface area contributed by atoms with Crippen LogP contribution < -0.4 is 4.74 Å². The normalized spacial score (nSPS) is 21.8. The topological polar surface area (TPSA) is 65.9 Å². The summed E-state index contributed by atoms with van der Waals surface area (Å²) in [6.07, 6.45) is 7.66. The van der Waals surface area contributed by atoms with Crippen LogP contribution in [0.4, 0.5) is 0 Å². The van der Waals surface area contributed by atoms with Gasteiger partial charge < -0.3 is 14.7 Å². The fourth-order valence-corrected chi connectivity index (χ4v) is 4.15. The molecule has 2 saturated heterocycles. The van der Waals surface area contributed by atoms with Gasteiger partial charge in [-0.05, 0) is 57.8 Å². The van der Waals surface area contributed by atoms with Crippen LogP contribution in [0.5, 0.6) is 5.88 Å². The van der Waals surface area contributed by atoms with E-state index in [1.54, 1.807) is 12.3 Å². The molecule has 0 bridgehead atoms. The van der Waals surface area contributed by atoms with Crippen molar-refractivity contribution in [2.45, 2.75) is 51.1 Å². The summed E-state index contributed by atoms with van der Waals surface area (Å²) in [6.45, 7) is 6.37. The number of aliphatic carboxylic acids is 1. The number of piperidine rings is 2. The first-order valence-corrected chi connectivity index (χ1v) is 9.49. The van der Waals surface area contributed by atoms with Crippen molar-refractivity contribution in [1.82, 2.24) is 14.8 Å². The summed E-state index contributed by atoms with van der Waals surface area (Å²) in [5, 5.41) is 9.85. The highest BCUT2D eigenvalue weighted by atomic mass is 16.5. The molecule has 3 rings (SSSR count). The van der Waals surface area contributed by atoms with E-state index in [1.807, 2.05) is 13.0 Å². The molecule has 0 radical (unpaired) electrons. The van der Waals surface area contributed by atoms with Crippen LogP contribution in [0.25, 0.3) is 0 Å². The molecule has 138 valence electrons. The van der Waals surface area contributed by atoms with E-state index in [-0.39, 0.29) is 0 Å². The van der Waals surface area contributed by atoms with Gasteiger partial charge in [-0.3, -0.25) is 9.69 Å². The second kappa shape index (κ2) is 8.63. The molecule has 0 amide bonds. The molecule has 25 heavy (non-hydrogen) atoms. The van der Waals surface area contributed by atoms with E-state index in [1.165, 1.54) is 32.4 Å². The number of likely N-dealkylation sites (tertiary alicyclic amines) is 2. The SMILES string of the molecule is CCOc1ncccc1[C@H](C(=O)O)N1CCC(N2CCCCC2)CC1. The molecule has 1 atom stereocenters. The Hall–Kier alpha value is -1.66. The predicted molar refractivity (Wildman–Crippen MR) is 95.8 cm³/mol. The number of carboxylic acid groups (broad SMARTS) is 1. The third-order valence-corrected chi connectivity index (χ3v) is 5.38. The standard InChI is InChI=1S/C19H29N3O3/c1-2-25-18-16(7-6-10-20-18)17(19(23)24)22-13-8-15(9-14-22)21-11-4-3-5-12-21/h6-7,10,15,17H,2-5,8-9,11-14H2,1H3,(H,23,24)/t17-/m1/s1. The lowest BCUT2D eigenvalue weighted by atomic mass is 9.97. The van der Waals surface area contributed by atoms with Gasteiger partial charge in [0, 0.05) is 30.9 Å². The molecule has 2 aliphatic heterocycles. The summed E-state index contributed by atoms with van der Waals surface area (Å²) >= 11 is 0. The van der Waals surface area contributed by atoms with Crippen LogP contribution in [-0.2, 0) is 4.79 Å². The quantitative estimate of drug-likeness (QED) is 0.853. The summed E-state index contributed by atoms with van der Waals surface area (Å²) in [6, 6.07) is 3.53. The molecule has 6 heteroatoms. The summed E-state index contributed by atoms with van der Waals surface area (Å²) in [4.78, 5) is 20.9. The van der Waals surface area contributed by atoms with Gasteiger partial charge in [0.1, 0.15) is 6.04 Å². The zero-order valence-electron chi connectivity index (χ0n) is 15.1. The van der Waals surface area contributed by atoms with Crippen LogP contribution in [0.1, 0.15) is 50.6 Å². The third-order valence-electron chi connectivity index (χ3n) is 5.38. The molecule has 1 aromatic heterocycles. The number of hydrogen-bond acceptors (Lipinski definition) is 5. The van der Waals surface area contributed by atoms with E-state index < -0.39 is 12.0 Å². The maximum Gasteiger partial charge on any atom is 0.325 e. The van der Waals surface area contributed by atoms with Crippen LogP contribution in [0.15, 0.2) is 18.3 Å². The number of carboxylic acids is 1. The van der Waals surface area contributed by atoms with Gasteiger partial charge >= 0.3 is 5.97 Å². The Morgan fingerprint density at radius 2 is 2.00 bits per heavy atom. The Morgan fingerprint density at radius 1 is 1.28 bits per heavy atom. The summed E-state index contributed by atoms with van der Waals surface area (Å²) < 4.78 is 5.57. The van der Waals surface area contributed by atoms with Crippen molar-refractivity contribution < 1.29 is 14.6 Å². The Morgan fingerprint density at radius 3 is 2.64 bits per heavy atom. The minimum Gasteiger partial charge on any atom is -0.480 e. The van der Waals surface area contributed by atoms with E-state index in [4.69, 9.17) is 4.74 Å². The Bertz CT molecular complexity index is 567. The number of ether oxygens (including phenoxy) is 1. The Kier molecular flexibility index (Phi) is 6.26. The van der Waals surface area contributed by atoms with Crippen LogP contribution >= 0.6 is 0 Å². The molecule has 0 aromatic carbocycles. The summed E-state index contributed by atoms with van der Waals surface area (Å²) in [7, 11) is 0. The average Bonchev–Trinajstić information content (AvgIpc) is 2.65. The molecule has 6 nitrogen and oxygen atoms in total. The van der Waals surface area contributed by atoms with E-state index in [0.29, 0.717) is 24.1 Å². The van der Waals surface area contributed by atoms with E-state index in [0.717, 1.165) is 25.9 Å². The molecule has 0 spiro atoms. The largest absolute Gasteiger partial charge is 0.480 e. The third kappa shape index (κ3) is 4.30. The van der Waals surface area contributed by atoms with Gasteiger partial charge in [0.25, 0.3) is 0 Å². The Balaban J connectivity index is 1.69. The molecular formula is C19H29N3O3. The van der Waals surface area contributed by atoms with Crippen molar-refractivity contribution in [2.75, 3.05) is 32.8 Å². The number of hydrogen-bond donors (Lipinski definition) is 1. The van der Waals surface area contributed by atoms with E-state index >= 15 is 0 Å². The van der Waals surface area contributed by atoms with Crippen molar-refractivity contribution >= 4 is 5.97 Å². The van der Waals surface area contributed by atoms with Crippen molar-refractivity contribution in [3.05, 3.63) is 23.9 Å². The molecule has 1 aromatic rings. The van der Waals surface area contributed by atoms with E-state index in [2.05, 4.69) is 14.8 Å². The van der Waals surface area contributed by atoms with Crippen molar-refractivity contribution in [2.24, 2.45) is 0 Å². The van der Waals surface area contributed by atoms with Gasteiger partial charge in [-0.1, -0.05) is 6.42 Å². The van der Waals surface area contributed by atoms with Crippen LogP contribution in [0.2, 0.25) is 0 Å². The molecule has 0 unspecified atom stereocenters. The minimum atomic E-state index is -0.828. The minimum absolute atomic E-state index is 0.440. The number of pyridine rings is 1. The number of rotatable bonds is 6. The van der Waals surface area contributed by atoms with Crippen LogP contribution in [0.3, 0.4) is 0 Å². The second-order valence-corrected chi connectivity index (χ2v) is 6.94. The van der Waals surface area contributed by atoms with Gasteiger partial charge in [0.2, 0.25) is 5.88 Å². The maximum atomic E-state index is 12.0. The van der Waals surface area contributed by atoms with Gasteiger partial charge in [-0.2, -0.15) is 0 Å². The highest BCUT2D eigenvalue weighted by Crippen LogP contribution is 2.31. The smallest absolute Gasteiger partial charge is 0.325 e. The number of aromatic nitrogens is 1. The number of carbonyl (C=O) groups is 1. The first-order chi connectivity index (χ1) is 12.2. The zero-order valence-corrected chi connectivity index (χ0v) is 15.1. The fraction of sp³-hybridized carbons (Fsp3) is 0.684. The fourth-order valence-electron chi connectivity index (χ4n) is 4.15. The molecule has 3 heterocycles. The lowest BCUT2D eigenvalue weighted by Crippen LogP contribution is -2.48. The van der Waals surface area contributed by atoms with Gasteiger partial charge in [-0.25, -0.2) is 4.98 Å². The van der Waals surface area contributed by atoms with Crippen LogP contribution in [-0.4, -0.2) is 64.7 Å². The molecule has 2 aliphatic rings. The predicted octanol–water partition coefficient (Wildman–Crippen LogP) is 2.56. The van der Waals surface area contributed by atoms with Crippen LogP contribution in [0, 0.1) is 0 Å². The van der Waals surface area contributed by atoms with Crippen molar-refractivity contribution in [3.8, 4) is 5.88 Å². The maximum absolute atomic E-state index is 12.0. The summed E-state index contributed by atoms with van der Waals surface area (Å²) in [5.41, 5.74) is 0.660. The molecule has 0 saturated carbocycles. The first-order valence-electron chi connectivity index (χ1n) is 9.49. The molecule has 0 aliphatic carbocycles. The highest BCUT2D eigenvalue weighted by molar-refractivity contribution is 5.76. The molecular weight excluding hydrogens is 318 g/mol. The first kappa shape index (κ1) is 18.1. The van der Waals surface area contributed by atoms with Crippen molar-refractivity contribution in [1.29, 1.82) is 0 Å². The molecule has 2 fully saturated rings. The Labute approximate surface area is 149 Å². The lowest BCUT2D eigenvalue weighted by Gasteiger charge is -2.41. The molecule has 1 N–H and O–H groups in total. The zero-order chi connectivity index (χ0) is 17.6. The second-order valence-electron chi connectivity index (χ2n) is 6.94. The highest BCUT2D eigenvalue weighted by Gasteiger charge is 2.34. The summed E-state index contributed by atoms with van der Waals surface area (Å²) in [5.74, 6) is -0.388. The van der Waals surface area contributed by atoms with E-state index in [9.17, 15) is 9.90 Å².